The van der Waals surface area contributed by atoms with Gasteiger partial charge < -0.3 is 15.2 Å². The van der Waals surface area contributed by atoms with Crippen LogP contribution in [0.1, 0.15) is 19.3 Å². The second-order valence-corrected chi connectivity index (χ2v) is 4.27. The zero-order chi connectivity index (χ0) is 11.4. The number of hydrogen-bond donors (Lipinski definition) is 1. The van der Waals surface area contributed by atoms with Gasteiger partial charge in [-0.05, 0) is 12.8 Å². The Kier molecular flexibility index (Phi) is 7.98. The molecule has 1 aliphatic heterocycles. The van der Waals surface area contributed by atoms with E-state index in [1.165, 1.54) is 0 Å². The van der Waals surface area contributed by atoms with E-state index in [9.17, 15) is 4.79 Å². The van der Waals surface area contributed by atoms with Crippen LogP contribution in [0.15, 0.2) is 18.7 Å². The van der Waals surface area contributed by atoms with Crippen LogP contribution in [0.3, 0.4) is 0 Å². The van der Waals surface area contributed by atoms with E-state index in [4.69, 9.17) is 5.73 Å². The van der Waals surface area contributed by atoms with Crippen molar-refractivity contribution in [3.8, 4) is 0 Å². The van der Waals surface area contributed by atoms with Gasteiger partial charge in [-0.15, -0.1) is 24.8 Å². The number of carbonyl (C=O) groups is 1. The minimum atomic E-state index is 0. The number of imidazole rings is 1. The molecule has 0 aliphatic carbocycles. The number of nitrogens with two attached hydrogens (primary N) is 1. The molecular formula is C11H20Cl2N4O. The molecule has 1 fully saturated rings. The van der Waals surface area contributed by atoms with Crippen LogP contribution < -0.4 is 5.73 Å². The van der Waals surface area contributed by atoms with Gasteiger partial charge in [-0.25, -0.2) is 4.98 Å². The Hall–Kier alpha value is -0.780. The van der Waals surface area contributed by atoms with Gasteiger partial charge in [0.25, 0.3) is 0 Å². The fourth-order valence-electron chi connectivity index (χ4n) is 1.95. The van der Waals surface area contributed by atoms with Crippen molar-refractivity contribution in [3.05, 3.63) is 18.7 Å². The second kappa shape index (κ2) is 8.34. The predicted molar refractivity (Wildman–Crippen MR) is 75.1 cm³/mol. The summed E-state index contributed by atoms with van der Waals surface area (Å²) in [5.74, 6) is 0.223. The Morgan fingerprint density at radius 3 is 2.56 bits per heavy atom. The first kappa shape index (κ1) is 17.2. The maximum atomic E-state index is 11.9. The van der Waals surface area contributed by atoms with Crippen molar-refractivity contribution in [3.63, 3.8) is 0 Å². The fraction of sp³-hybridized carbons (Fsp3) is 0.636. The molecule has 2 N–H and O–H groups in total. The van der Waals surface area contributed by atoms with E-state index in [0.717, 1.165) is 25.9 Å². The van der Waals surface area contributed by atoms with Crippen LogP contribution in [-0.4, -0.2) is 39.5 Å². The summed E-state index contributed by atoms with van der Waals surface area (Å²) in [6.45, 7) is 2.33. The molecular weight excluding hydrogens is 275 g/mol. The van der Waals surface area contributed by atoms with Crippen molar-refractivity contribution in [2.75, 3.05) is 13.1 Å². The van der Waals surface area contributed by atoms with Gasteiger partial charge in [0.1, 0.15) is 0 Å². The van der Waals surface area contributed by atoms with Crippen LogP contribution in [0.5, 0.6) is 0 Å². The lowest BCUT2D eigenvalue weighted by Gasteiger charge is -2.30. The zero-order valence-corrected chi connectivity index (χ0v) is 11.8. The number of aromatic nitrogens is 2. The van der Waals surface area contributed by atoms with Crippen molar-refractivity contribution < 1.29 is 4.79 Å². The molecule has 0 bridgehead atoms. The number of likely N-dealkylation sites (tertiary alicyclic amines) is 1. The standard InChI is InChI=1S/C11H18N4O.2ClH/c12-10-1-6-15(7-2-10)11(16)3-5-14-8-4-13-9-14;;/h4,8-10H,1-3,5-7,12H2;2*1H. The lowest BCUT2D eigenvalue weighted by atomic mass is 10.1. The highest BCUT2D eigenvalue weighted by molar-refractivity contribution is 5.85. The first-order valence-electron chi connectivity index (χ1n) is 5.75. The number of hydrogen-bond acceptors (Lipinski definition) is 3. The molecule has 104 valence electrons. The molecule has 18 heavy (non-hydrogen) atoms. The molecule has 1 aliphatic rings. The lowest BCUT2D eigenvalue weighted by Crippen LogP contribution is -2.43. The van der Waals surface area contributed by atoms with Crippen LogP contribution in [0.4, 0.5) is 0 Å². The number of rotatable bonds is 3. The summed E-state index contributed by atoms with van der Waals surface area (Å²) in [4.78, 5) is 17.7. The summed E-state index contributed by atoms with van der Waals surface area (Å²) >= 11 is 0. The third-order valence-electron chi connectivity index (χ3n) is 3.04. The van der Waals surface area contributed by atoms with Crippen molar-refractivity contribution in [1.82, 2.24) is 14.5 Å². The van der Waals surface area contributed by atoms with Crippen molar-refractivity contribution in [1.29, 1.82) is 0 Å². The molecule has 0 spiro atoms. The van der Waals surface area contributed by atoms with E-state index in [1.807, 2.05) is 15.7 Å². The van der Waals surface area contributed by atoms with Crippen molar-refractivity contribution in [2.45, 2.75) is 31.8 Å². The van der Waals surface area contributed by atoms with Gasteiger partial charge >= 0.3 is 0 Å². The molecule has 0 aromatic carbocycles. The van der Waals surface area contributed by atoms with Crippen LogP contribution in [0.25, 0.3) is 0 Å². The summed E-state index contributed by atoms with van der Waals surface area (Å²) in [6, 6.07) is 0.276. The molecule has 2 rings (SSSR count). The van der Waals surface area contributed by atoms with Crippen molar-refractivity contribution >= 4 is 30.7 Å². The number of halogens is 2. The summed E-state index contributed by atoms with van der Waals surface area (Å²) in [5.41, 5.74) is 5.80. The van der Waals surface area contributed by atoms with Gasteiger partial charge in [0.15, 0.2) is 0 Å². The van der Waals surface area contributed by atoms with Gasteiger partial charge in [0.05, 0.1) is 6.33 Å². The van der Waals surface area contributed by atoms with Gasteiger partial charge in [-0.2, -0.15) is 0 Å². The van der Waals surface area contributed by atoms with Crippen molar-refractivity contribution in [2.24, 2.45) is 5.73 Å². The van der Waals surface area contributed by atoms with E-state index in [1.54, 1.807) is 12.5 Å². The number of carbonyl (C=O) groups excluding carboxylic acids is 1. The van der Waals surface area contributed by atoms with Crippen LogP contribution in [0.2, 0.25) is 0 Å². The van der Waals surface area contributed by atoms with E-state index in [-0.39, 0.29) is 36.8 Å². The Balaban J connectivity index is 0.00000144. The Morgan fingerprint density at radius 1 is 1.33 bits per heavy atom. The first-order valence-corrected chi connectivity index (χ1v) is 5.75. The molecule has 5 nitrogen and oxygen atoms in total. The highest BCUT2D eigenvalue weighted by Crippen LogP contribution is 2.09. The van der Waals surface area contributed by atoms with E-state index >= 15 is 0 Å². The molecule has 1 amide bonds. The molecule has 1 saturated heterocycles. The molecule has 1 aromatic heterocycles. The summed E-state index contributed by atoms with van der Waals surface area (Å²) in [6.07, 6.45) is 7.74. The molecule has 1 aromatic rings. The minimum absolute atomic E-state index is 0. The summed E-state index contributed by atoms with van der Waals surface area (Å²) < 4.78 is 1.92. The average Bonchev–Trinajstić information content (AvgIpc) is 2.80. The number of aryl methyl sites for hydroxylation is 1. The highest BCUT2D eigenvalue weighted by atomic mass is 35.5. The second-order valence-electron chi connectivity index (χ2n) is 4.27. The topological polar surface area (TPSA) is 64.2 Å². The number of amides is 1. The van der Waals surface area contributed by atoms with Gasteiger partial charge in [-0.1, -0.05) is 0 Å². The smallest absolute Gasteiger partial charge is 0.224 e. The minimum Gasteiger partial charge on any atom is -0.343 e. The van der Waals surface area contributed by atoms with Crippen LogP contribution in [0, 0.1) is 0 Å². The van der Waals surface area contributed by atoms with E-state index in [0.29, 0.717) is 13.0 Å². The molecule has 0 unspecified atom stereocenters. The largest absolute Gasteiger partial charge is 0.343 e. The molecule has 0 radical (unpaired) electrons. The SMILES string of the molecule is Cl.Cl.NC1CCN(C(=O)CCn2ccnc2)CC1. The summed E-state index contributed by atoms with van der Waals surface area (Å²) in [5, 5.41) is 0. The lowest BCUT2D eigenvalue weighted by molar-refractivity contribution is -0.132. The number of nitrogens with zero attached hydrogens (tertiary/aromatic N) is 3. The number of piperidine rings is 1. The first-order chi connectivity index (χ1) is 7.75. The highest BCUT2D eigenvalue weighted by Gasteiger charge is 2.19. The van der Waals surface area contributed by atoms with Gasteiger partial charge in [0, 0.05) is 44.5 Å². The quantitative estimate of drug-likeness (QED) is 0.907. The monoisotopic (exact) mass is 294 g/mol. The maximum Gasteiger partial charge on any atom is 0.224 e. The molecule has 2 heterocycles. The normalized spacial score (nSPS) is 15.7. The Labute approximate surface area is 120 Å². The van der Waals surface area contributed by atoms with E-state index < -0.39 is 0 Å². The fourth-order valence-corrected chi connectivity index (χ4v) is 1.95. The molecule has 0 saturated carbocycles. The third-order valence-corrected chi connectivity index (χ3v) is 3.04. The average molecular weight is 295 g/mol. The Morgan fingerprint density at radius 2 is 2.00 bits per heavy atom. The molecule has 7 heteroatoms. The molecule has 0 atom stereocenters. The maximum absolute atomic E-state index is 11.9. The Bertz CT molecular complexity index is 337. The van der Waals surface area contributed by atoms with Crippen LogP contribution >= 0.6 is 24.8 Å². The predicted octanol–water partition coefficient (Wildman–Crippen LogP) is 1.07. The van der Waals surface area contributed by atoms with Gasteiger partial charge in [-0.3, -0.25) is 4.79 Å². The van der Waals surface area contributed by atoms with E-state index in [2.05, 4.69) is 4.98 Å². The van der Waals surface area contributed by atoms with Gasteiger partial charge in [0.2, 0.25) is 5.91 Å². The van der Waals surface area contributed by atoms with Crippen LogP contribution in [-0.2, 0) is 11.3 Å². The third kappa shape index (κ3) is 4.84. The summed E-state index contributed by atoms with van der Waals surface area (Å²) in [7, 11) is 0. The zero-order valence-electron chi connectivity index (χ0n) is 10.2.